The molecule has 0 radical (unpaired) electrons. The zero-order valence-electron chi connectivity index (χ0n) is 12.7. The van der Waals surface area contributed by atoms with E-state index in [-0.39, 0.29) is 16.5 Å². The zero-order chi connectivity index (χ0) is 17.2. The normalized spacial score (nSPS) is 15.0. The molecule has 1 fully saturated rings. The lowest BCUT2D eigenvalue weighted by Gasteiger charge is -2.16. The molecule has 0 bridgehead atoms. The number of nitrogens with zero attached hydrogens (tertiary/aromatic N) is 3. The van der Waals surface area contributed by atoms with Crippen molar-refractivity contribution in [1.82, 2.24) is 14.7 Å². The van der Waals surface area contributed by atoms with Crippen LogP contribution in [0.4, 0.5) is 5.82 Å². The number of benzene rings is 1. The molecule has 0 atom stereocenters. The fourth-order valence-electron chi connectivity index (χ4n) is 2.52. The Bertz CT molecular complexity index is 839. The van der Waals surface area contributed by atoms with Crippen molar-refractivity contribution < 1.29 is 8.42 Å². The third-order valence-corrected chi connectivity index (χ3v) is 5.84. The van der Waals surface area contributed by atoms with Crippen LogP contribution in [0.15, 0.2) is 35.4 Å². The van der Waals surface area contributed by atoms with E-state index in [9.17, 15) is 8.42 Å². The number of aromatic nitrogens is 2. The molecule has 1 saturated heterocycles. The van der Waals surface area contributed by atoms with E-state index >= 15 is 0 Å². The van der Waals surface area contributed by atoms with Crippen LogP contribution in [-0.2, 0) is 16.6 Å². The maximum absolute atomic E-state index is 12.4. The molecule has 1 N–H and O–H groups in total. The molecule has 0 amide bonds. The van der Waals surface area contributed by atoms with Gasteiger partial charge in [-0.05, 0) is 37.1 Å². The van der Waals surface area contributed by atoms with Crippen molar-refractivity contribution in [1.29, 1.82) is 0 Å². The maximum atomic E-state index is 12.4. The van der Waals surface area contributed by atoms with Crippen LogP contribution in [0.1, 0.15) is 18.7 Å². The average Bonchev–Trinajstić information content (AvgIpc) is 3.10. The Balaban J connectivity index is 1.75. The highest BCUT2D eigenvalue weighted by Crippen LogP contribution is 2.25. The molecule has 9 heteroatoms. The lowest BCUT2D eigenvalue weighted by atomic mass is 10.4. The number of rotatable bonds is 5. The first-order chi connectivity index (χ1) is 11.5. The fourth-order valence-corrected chi connectivity index (χ4v) is 4.26. The SMILES string of the molecule is O=S(=O)(NCc1nccc(N2CCCC2)n1)c1cc(Cl)ccc1Cl. The van der Waals surface area contributed by atoms with Gasteiger partial charge in [0.2, 0.25) is 10.0 Å². The van der Waals surface area contributed by atoms with Crippen LogP contribution in [0.25, 0.3) is 0 Å². The largest absolute Gasteiger partial charge is 0.357 e. The van der Waals surface area contributed by atoms with Gasteiger partial charge < -0.3 is 4.90 Å². The number of hydrogen-bond acceptors (Lipinski definition) is 5. The van der Waals surface area contributed by atoms with Crippen LogP contribution in [0, 0.1) is 0 Å². The molecular formula is C15H16Cl2N4O2S. The van der Waals surface area contributed by atoms with Crippen molar-refractivity contribution in [3.63, 3.8) is 0 Å². The van der Waals surface area contributed by atoms with Crippen molar-refractivity contribution in [3.05, 3.63) is 46.3 Å². The minimum Gasteiger partial charge on any atom is -0.357 e. The Kier molecular flexibility index (Phi) is 5.24. The summed E-state index contributed by atoms with van der Waals surface area (Å²) in [5.41, 5.74) is 0. The predicted molar refractivity (Wildman–Crippen MR) is 94.0 cm³/mol. The van der Waals surface area contributed by atoms with Gasteiger partial charge in [-0.15, -0.1) is 0 Å². The van der Waals surface area contributed by atoms with Gasteiger partial charge in [0, 0.05) is 24.3 Å². The Morgan fingerprint density at radius 1 is 1.17 bits per heavy atom. The van der Waals surface area contributed by atoms with Gasteiger partial charge in [0.05, 0.1) is 11.6 Å². The smallest absolute Gasteiger partial charge is 0.242 e. The quantitative estimate of drug-likeness (QED) is 0.854. The summed E-state index contributed by atoms with van der Waals surface area (Å²) in [7, 11) is -3.80. The Morgan fingerprint density at radius 3 is 2.67 bits per heavy atom. The topological polar surface area (TPSA) is 75.2 Å². The van der Waals surface area contributed by atoms with E-state index in [1.807, 2.05) is 6.07 Å². The van der Waals surface area contributed by atoms with Crippen LogP contribution in [0.3, 0.4) is 0 Å². The van der Waals surface area contributed by atoms with Crippen molar-refractivity contribution in [2.45, 2.75) is 24.3 Å². The van der Waals surface area contributed by atoms with Crippen LogP contribution < -0.4 is 9.62 Å². The molecule has 1 aromatic carbocycles. The third kappa shape index (κ3) is 3.97. The van der Waals surface area contributed by atoms with Gasteiger partial charge in [0.1, 0.15) is 16.5 Å². The van der Waals surface area contributed by atoms with Gasteiger partial charge in [-0.1, -0.05) is 23.2 Å². The lowest BCUT2D eigenvalue weighted by molar-refractivity contribution is 0.579. The van der Waals surface area contributed by atoms with E-state index in [0.29, 0.717) is 10.8 Å². The van der Waals surface area contributed by atoms with E-state index in [1.54, 1.807) is 6.20 Å². The molecular weight excluding hydrogens is 371 g/mol. The average molecular weight is 387 g/mol. The number of anilines is 1. The fraction of sp³-hybridized carbons (Fsp3) is 0.333. The second-order valence-electron chi connectivity index (χ2n) is 5.42. The van der Waals surface area contributed by atoms with Crippen LogP contribution in [0.2, 0.25) is 10.0 Å². The van der Waals surface area contributed by atoms with Crippen molar-refractivity contribution in [3.8, 4) is 0 Å². The van der Waals surface area contributed by atoms with Gasteiger partial charge in [-0.3, -0.25) is 0 Å². The molecule has 6 nitrogen and oxygen atoms in total. The molecule has 24 heavy (non-hydrogen) atoms. The molecule has 3 rings (SSSR count). The molecule has 0 spiro atoms. The number of sulfonamides is 1. The summed E-state index contributed by atoms with van der Waals surface area (Å²) in [5, 5.41) is 0.408. The van der Waals surface area contributed by atoms with Gasteiger partial charge in [-0.2, -0.15) is 0 Å². The van der Waals surface area contributed by atoms with E-state index in [4.69, 9.17) is 23.2 Å². The van der Waals surface area contributed by atoms with Crippen LogP contribution >= 0.6 is 23.2 Å². The second-order valence-corrected chi connectivity index (χ2v) is 8.00. The van der Waals surface area contributed by atoms with E-state index in [1.165, 1.54) is 18.2 Å². The molecule has 0 unspecified atom stereocenters. The maximum Gasteiger partial charge on any atom is 0.242 e. The summed E-state index contributed by atoms with van der Waals surface area (Å²) in [4.78, 5) is 10.6. The van der Waals surface area contributed by atoms with Gasteiger partial charge >= 0.3 is 0 Å². The zero-order valence-corrected chi connectivity index (χ0v) is 15.1. The minimum atomic E-state index is -3.80. The molecule has 1 aliphatic heterocycles. The van der Waals surface area contributed by atoms with Crippen molar-refractivity contribution in [2.24, 2.45) is 0 Å². The predicted octanol–water partition coefficient (Wildman–Crippen LogP) is 2.86. The van der Waals surface area contributed by atoms with Gasteiger partial charge in [0.15, 0.2) is 0 Å². The minimum absolute atomic E-state index is 0.0210. The third-order valence-electron chi connectivity index (χ3n) is 3.72. The highest BCUT2D eigenvalue weighted by Gasteiger charge is 2.19. The van der Waals surface area contributed by atoms with Crippen LogP contribution in [-0.4, -0.2) is 31.5 Å². The Hall–Kier alpha value is -1.41. The molecule has 128 valence electrons. The van der Waals surface area contributed by atoms with Crippen molar-refractivity contribution in [2.75, 3.05) is 18.0 Å². The first-order valence-corrected chi connectivity index (χ1v) is 9.71. The van der Waals surface area contributed by atoms with E-state index < -0.39 is 10.0 Å². The highest BCUT2D eigenvalue weighted by molar-refractivity contribution is 7.89. The first-order valence-electron chi connectivity index (χ1n) is 7.47. The number of halogens is 2. The second kappa shape index (κ2) is 7.23. The number of hydrogen-bond donors (Lipinski definition) is 1. The summed E-state index contributed by atoms with van der Waals surface area (Å²) in [6.07, 6.45) is 3.91. The summed E-state index contributed by atoms with van der Waals surface area (Å²) < 4.78 is 27.3. The first kappa shape index (κ1) is 17.4. The molecule has 2 aromatic rings. The van der Waals surface area contributed by atoms with Gasteiger partial charge in [-0.25, -0.2) is 23.1 Å². The van der Waals surface area contributed by atoms with Crippen LogP contribution in [0.5, 0.6) is 0 Å². The summed E-state index contributed by atoms with van der Waals surface area (Å²) >= 11 is 11.8. The summed E-state index contributed by atoms with van der Waals surface area (Å²) in [6, 6.07) is 6.12. The van der Waals surface area contributed by atoms with E-state index in [2.05, 4.69) is 19.6 Å². The molecule has 2 heterocycles. The lowest BCUT2D eigenvalue weighted by Crippen LogP contribution is -2.25. The summed E-state index contributed by atoms with van der Waals surface area (Å²) in [6.45, 7) is 1.90. The Morgan fingerprint density at radius 2 is 1.92 bits per heavy atom. The van der Waals surface area contributed by atoms with Crippen molar-refractivity contribution >= 4 is 39.0 Å². The monoisotopic (exact) mass is 386 g/mol. The molecule has 0 saturated carbocycles. The van der Waals surface area contributed by atoms with Gasteiger partial charge in [0.25, 0.3) is 0 Å². The highest BCUT2D eigenvalue weighted by atomic mass is 35.5. The summed E-state index contributed by atoms with van der Waals surface area (Å²) in [5.74, 6) is 1.22. The molecule has 1 aromatic heterocycles. The number of nitrogens with one attached hydrogen (secondary N) is 1. The molecule has 0 aliphatic carbocycles. The van der Waals surface area contributed by atoms with E-state index in [0.717, 1.165) is 31.7 Å². The molecule has 1 aliphatic rings. The Labute approximate surface area is 150 Å². The standard InChI is InChI=1S/C15H16Cl2N4O2S/c16-11-3-4-12(17)13(9-11)24(22,23)19-10-14-18-6-5-15(20-14)21-7-1-2-8-21/h3-6,9,19H,1-2,7-8,10H2.